The van der Waals surface area contributed by atoms with Gasteiger partial charge in [0.25, 0.3) is 0 Å². The Morgan fingerprint density at radius 2 is 2.54 bits per heavy atom. The summed E-state index contributed by atoms with van der Waals surface area (Å²) >= 11 is 0. The molecule has 0 aliphatic carbocycles. The van der Waals surface area contributed by atoms with Gasteiger partial charge in [0.2, 0.25) is 0 Å². The minimum Gasteiger partial charge on any atom is -0.302 e. The van der Waals surface area contributed by atoms with Crippen LogP contribution in [-0.2, 0) is 0 Å². The molecule has 0 saturated carbocycles. The monoisotopic (exact) mass is 173 g/mol. The third-order valence-electron chi connectivity index (χ3n) is 1.65. The second-order valence-electron chi connectivity index (χ2n) is 2.57. The van der Waals surface area contributed by atoms with Crippen LogP contribution in [0.4, 0.5) is 0 Å². The van der Waals surface area contributed by atoms with Crippen molar-refractivity contribution in [2.24, 2.45) is 11.0 Å². The standard InChI is InChI=1S/C10H11N3/c1-3-5-6-10-8(4-2)9(11)7-12-13-10/h2-3,5-8,11,13H,1H3/b5-3-,10-6+,11-9?. The third kappa shape index (κ3) is 2.06. The molecule has 0 amide bonds. The number of rotatable bonds is 1. The average Bonchev–Trinajstić information content (AvgIpc) is 2.15. The summed E-state index contributed by atoms with van der Waals surface area (Å²) in [5, 5.41) is 11.3. The molecule has 13 heavy (non-hydrogen) atoms. The van der Waals surface area contributed by atoms with Crippen LogP contribution in [0.25, 0.3) is 0 Å². The summed E-state index contributed by atoms with van der Waals surface area (Å²) in [7, 11) is 0. The number of hydrogen-bond donors (Lipinski definition) is 2. The van der Waals surface area contributed by atoms with Crippen molar-refractivity contribution < 1.29 is 0 Å². The molecule has 3 nitrogen and oxygen atoms in total. The predicted molar refractivity (Wildman–Crippen MR) is 54.6 cm³/mol. The number of allylic oxidation sites excluding steroid dienone is 4. The lowest BCUT2D eigenvalue weighted by Crippen LogP contribution is -2.28. The maximum absolute atomic E-state index is 7.52. The lowest BCUT2D eigenvalue weighted by Gasteiger charge is -2.17. The summed E-state index contributed by atoms with van der Waals surface area (Å²) in [5.41, 5.74) is 3.90. The molecule has 0 fully saturated rings. The van der Waals surface area contributed by atoms with Gasteiger partial charge in [-0.15, -0.1) is 6.42 Å². The second kappa shape index (κ2) is 4.27. The minimum absolute atomic E-state index is 0.298. The minimum atomic E-state index is -0.298. The molecule has 1 atom stereocenters. The Labute approximate surface area is 77.7 Å². The second-order valence-corrected chi connectivity index (χ2v) is 2.57. The van der Waals surface area contributed by atoms with E-state index >= 15 is 0 Å². The van der Waals surface area contributed by atoms with Crippen molar-refractivity contribution in [3.8, 4) is 12.3 Å². The van der Waals surface area contributed by atoms with E-state index in [1.54, 1.807) is 0 Å². The highest BCUT2D eigenvalue weighted by Crippen LogP contribution is 2.11. The molecule has 1 unspecified atom stereocenters. The first-order valence-corrected chi connectivity index (χ1v) is 3.96. The van der Waals surface area contributed by atoms with E-state index in [4.69, 9.17) is 11.8 Å². The van der Waals surface area contributed by atoms with Crippen LogP contribution < -0.4 is 5.43 Å². The highest BCUT2D eigenvalue weighted by molar-refractivity contribution is 6.32. The van der Waals surface area contributed by atoms with Crippen LogP contribution in [0.5, 0.6) is 0 Å². The first-order valence-electron chi connectivity index (χ1n) is 3.96. The molecule has 2 N–H and O–H groups in total. The summed E-state index contributed by atoms with van der Waals surface area (Å²) in [5.74, 6) is 2.23. The summed E-state index contributed by atoms with van der Waals surface area (Å²) < 4.78 is 0. The van der Waals surface area contributed by atoms with Crippen LogP contribution in [0.2, 0.25) is 0 Å². The van der Waals surface area contributed by atoms with Crippen LogP contribution in [0, 0.1) is 23.7 Å². The quantitative estimate of drug-likeness (QED) is 0.577. The molecular weight excluding hydrogens is 162 g/mol. The molecule has 0 aromatic rings. The largest absolute Gasteiger partial charge is 0.302 e. The van der Waals surface area contributed by atoms with Gasteiger partial charge in [0.15, 0.2) is 0 Å². The Bertz CT molecular complexity index is 329. The van der Waals surface area contributed by atoms with Gasteiger partial charge in [-0.05, 0) is 13.0 Å². The van der Waals surface area contributed by atoms with E-state index in [1.807, 2.05) is 25.2 Å². The predicted octanol–water partition coefficient (Wildman–Crippen LogP) is 1.30. The first kappa shape index (κ1) is 9.27. The number of terminal acetylenes is 1. The normalized spacial score (nSPS) is 24.8. The fraction of sp³-hybridized carbons (Fsp3) is 0.200. The molecular formula is C10H11N3. The number of hydrogen-bond acceptors (Lipinski definition) is 3. The van der Waals surface area contributed by atoms with Crippen molar-refractivity contribution in [1.82, 2.24) is 5.43 Å². The van der Waals surface area contributed by atoms with E-state index in [2.05, 4.69) is 16.4 Å². The van der Waals surface area contributed by atoms with Crippen molar-refractivity contribution in [3.05, 3.63) is 23.9 Å². The van der Waals surface area contributed by atoms with Crippen molar-refractivity contribution in [2.75, 3.05) is 0 Å². The molecule has 3 heteroatoms. The highest BCUT2D eigenvalue weighted by Gasteiger charge is 2.18. The van der Waals surface area contributed by atoms with Gasteiger partial charge in [0.1, 0.15) is 5.92 Å². The first-order chi connectivity index (χ1) is 6.29. The molecule has 0 spiro atoms. The van der Waals surface area contributed by atoms with E-state index in [-0.39, 0.29) is 5.92 Å². The number of hydrazone groups is 1. The topological polar surface area (TPSA) is 48.2 Å². The fourth-order valence-electron chi connectivity index (χ4n) is 0.996. The molecule has 1 rings (SSSR count). The zero-order valence-corrected chi connectivity index (χ0v) is 7.41. The summed E-state index contributed by atoms with van der Waals surface area (Å²) in [6, 6.07) is 0. The maximum Gasteiger partial charge on any atom is 0.104 e. The van der Waals surface area contributed by atoms with Gasteiger partial charge in [-0.25, -0.2) is 0 Å². The lowest BCUT2D eigenvalue weighted by molar-refractivity contribution is 0.800. The summed E-state index contributed by atoms with van der Waals surface area (Å²) in [6.45, 7) is 1.92. The molecule has 0 aromatic carbocycles. The zero-order valence-electron chi connectivity index (χ0n) is 7.41. The summed E-state index contributed by atoms with van der Waals surface area (Å²) in [6.07, 6.45) is 12.3. The SMILES string of the molecule is C#CC1C(=N)C=NN/C1=C/C=C\C. The van der Waals surface area contributed by atoms with Crippen LogP contribution in [0.1, 0.15) is 6.92 Å². The zero-order chi connectivity index (χ0) is 9.68. The van der Waals surface area contributed by atoms with E-state index in [0.29, 0.717) is 5.71 Å². The number of nitrogens with zero attached hydrogens (tertiary/aromatic N) is 1. The highest BCUT2D eigenvalue weighted by atomic mass is 15.3. The molecule has 0 aromatic heterocycles. The molecule has 0 bridgehead atoms. The van der Waals surface area contributed by atoms with Crippen molar-refractivity contribution in [3.63, 3.8) is 0 Å². The molecule has 1 aliphatic heterocycles. The van der Waals surface area contributed by atoms with Gasteiger partial charge in [-0.1, -0.05) is 18.1 Å². The Balaban J connectivity index is 2.93. The molecule has 1 aliphatic rings. The van der Waals surface area contributed by atoms with E-state index in [1.165, 1.54) is 6.21 Å². The van der Waals surface area contributed by atoms with E-state index in [9.17, 15) is 0 Å². The van der Waals surface area contributed by atoms with Gasteiger partial charge in [0, 0.05) is 0 Å². The van der Waals surface area contributed by atoms with E-state index in [0.717, 1.165) is 5.70 Å². The van der Waals surface area contributed by atoms with Crippen molar-refractivity contribution in [1.29, 1.82) is 5.41 Å². The number of nitrogens with one attached hydrogen (secondary N) is 2. The Morgan fingerprint density at radius 3 is 3.15 bits per heavy atom. The van der Waals surface area contributed by atoms with Gasteiger partial charge in [-0.3, -0.25) is 5.43 Å². The van der Waals surface area contributed by atoms with Crippen LogP contribution >= 0.6 is 0 Å². The Hall–Kier alpha value is -1.82. The smallest absolute Gasteiger partial charge is 0.104 e. The van der Waals surface area contributed by atoms with Gasteiger partial charge < -0.3 is 5.41 Å². The van der Waals surface area contributed by atoms with Crippen LogP contribution in [0.15, 0.2) is 29.0 Å². The molecule has 0 radical (unpaired) electrons. The Morgan fingerprint density at radius 1 is 1.77 bits per heavy atom. The molecule has 66 valence electrons. The van der Waals surface area contributed by atoms with E-state index < -0.39 is 0 Å². The van der Waals surface area contributed by atoms with Crippen molar-refractivity contribution >= 4 is 11.9 Å². The fourth-order valence-corrected chi connectivity index (χ4v) is 0.996. The lowest BCUT2D eigenvalue weighted by atomic mass is 10.00. The van der Waals surface area contributed by atoms with Crippen molar-refractivity contribution in [2.45, 2.75) is 6.92 Å². The average molecular weight is 173 g/mol. The van der Waals surface area contributed by atoms with Gasteiger partial charge in [0.05, 0.1) is 17.6 Å². The van der Waals surface area contributed by atoms with Crippen LogP contribution in [0.3, 0.4) is 0 Å². The third-order valence-corrected chi connectivity index (χ3v) is 1.65. The van der Waals surface area contributed by atoms with Gasteiger partial charge in [-0.2, -0.15) is 5.10 Å². The van der Waals surface area contributed by atoms with Gasteiger partial charge >= 0.3 is 0 Å². The maximum atomic E-state index is 7.52. The summed E-state index contributed by atoms with van der Waals surface area (Å²) in [4.78, 5) is 0. The van der Waals surface area contributed by atoms with Crippen LogP contribution in [-0.4, -0.2) is 11.9 Å². The molecule has 0 saturated heterocycles. The Kier molecular flexibility index (Phi) is 3.04. The molecule has 1 heterocycles.